The van der Waals surface area contributed by atoms with Crippen molar-refractivity contribution >= 4 is 5.96 Å². The van der Waals surface area contributed by atoms with Crippen LogP contribution in [0.25, 0.3) is 0 Å². The highest BCUT2D eigenvalue weighted by molar-refractivity contribution is 5.79. The molecule has 0 aliphatic heterocycles. The third-order valence-corrected chi connectivity index (χ3v) is 3.09. The molecule has 0 bridgehead atoms. The Balaban J connectivity index is 1.74. The number of benzene rings is 1. The second-order valence-electron chi connectivity index (χ2n) is 4.71. The number of hydrogen-bond donors (Lipinski definition) is 2. The predicted molar refractivity (Wildman–Crippen MR) is 81.4 cm³/mol. The molecule has 2 aromatic rings. The summed E-state index contributed by atoms with van der Waals surface area (Å²) in [5.41, 5.74) is 0.263. The molecule has 1 heterocycles. The summed E-state index contributed by atoms with van der Waals surface area (Å²) in [5, 5.41) is 10.2. The fourth-order valence-electron chi connectivity index (χ4n) is 1.96. The highest BCUT2D eigenvalue weighted by Crippen LogP contribution is 2.08. The lowest BCUT2D eigenvalue weighted by atomic mass is 10.2. The summed E-state index contributed by atoms with van der Waals surface area (Å²) < 4.78 is 28.4. The predicted octanol–water partition coefficient (Wildman–Crippen LogP) is 1.92. The standard InChI is InChI=1S/C15H19F2N5/c1-18-15(19-6-2-8-22-9-3-7-21-22)20-11-12-10-13(16)4-5-14(12)17/h3-5,7,9-10H,2,6,8,11H2,1H3,(H2,18,19,20). The van der Waals surface area contributed by atoms with E-state index in [2.05, 4.69) is 20.7 Å². The Kier molecular flexibility index (Phi) is 5.88. The van der Waals surface area contributed by atoms with Gasteiger partial charge in [0.25, 0.3) is 0 Å². The van der Waals surface area contributed by atoms with Crippen LogP contribution >= 0.6 is 0 Å². The van der Waals surface area contributed by atoms with Gasteiger partial charge in [-0.1, -0.05) is 0 Å². The van der Waals surface area contributed by atoms with E-state index in [0.29, 0.717) is 12.5 Å². The lowest BCUT2D eigenvalue weighted by molar-refractivity contribution is 0.567. The number of aryl methyl sites for hydroxylation is 1. The molecule has 5 nitrogen and oxygen atoms in total. The molecule has 2 N–H and O–H groups in total. The highest BCUT2D eigenvalue weighted by Gasteiger charge is 2.05. The average Bonchev–Trinajstić information content (AvgIpc) is 3.03. The lowest BCUT2D eigenvalue weighted by Crippen LogP contribution is -2.37. The highest BCUT2D eigenvalue weighted by atomic mass is 19.1. The zero-order valence-electron chi connectivity index (χ0n) is 12.4. The number of halogens is 2. The smallest absolute Gasteiger partial charge is 0.191 e. The molecular formula is C15H19F2N5. The maximum Gasteiger partial charge on any atom is 0.191 e. The molecule has 0 radical (unpaired) electrons. The first-order valence-electron chi connectivity index (χ1n) is 7.05. The molecule has 22 heavy (non-hydrogen) atoms. The van der Waals surface area contributed by atoms with Gasteiger partial charge in [0.05, 0.1) is 0 Å². The van der Waals surface area contributed by atoms with E-state index < -0.39 is 11.6 Å². The van der Waals surface area contributed by atoms with Crippen molar-refractivity contribution in [3.63, 3.8) is 0 Å². The molecule has 0 aliphatic rings. The number of aliphatic imine (C=N–C) groups is 1. The molecule has 1 aromatic carbocycles. The number of nitrogens with zero attached hydrogens (tertiary/aromatic N) is 3. The number of nitrogens with one attached hydrogen (secondary N) is 2. The molecule has 0 fully saturated rings. The Hall–Kier alpha value is -2.44. The minimum atomic E-state index is -0.458. The van der Waals surface area contributed by atoms with Gasteiger partial charge in [0, 0.05) is 44.6 Å². The van der Waals surface area contributed by atoms with E-state index in [9.17, 15) is 8.78 Å². The Morgan fingerprint density at radius 3 is 2.91 bits per heavy atom. The average molecular weight is 307 g/mol. The first kappa shape index (κ1) is 15.9. The van der Waals surface area contributed by atoms with Crippen LogP contribution in [0.1, 0.15) is 12.0 Å². The summed E-state index contributed by atoms with van der Waals surface area (Å²) in [6, 6.07) is 5.27. The minimum Gasteiger partial charge on any atom is -0.356 e. The third kappa shape index (κ3) is 4.83. The van der Waals surface area contributed by atoms with Gasteiger partial charge in [-0.25, -0.2) is 8.78 Å². The van der Waals surface area contributed by atoms with Gasteiger partial charge in [-0.05, 0) is 30.7 Å². The number of rotatable bonds is 6. The Bertz CT molecular complexity index is 610. The van der Waals surface area contributed by atoms with E-state index in [-0.39, 0.29) is 12.1 Å². The molecule has 0 spiro atoms. The van der Waals surface area contributed by atoms with Gasteiger partial charge < -0.3 is 10.6 Å². The molecule has 0 amide bonds. The van der Waals surface area contributed by atoms with Gasteiger partial charge in [-0.3, -0.25) is 9.67 Å². The monoisotopic (exact) mass is 307 g/mol. The minimum absolute atomic E-state index is 0.169. The maximum atomic E-state index is 13.5. The molecule has 0 unspecified atom stereocenters. The van der Waals surface area contributed by atoms with E-state index in [1.807, 2.05) is 16.9 Å². The molecule has 7 heteroatoms. The molecule has 118 valence electrons. The van der Waals surface area contributed by atoms with Crippen LogP contribution in [-0.2, 0) is 13.1 Å². The Morgan fingerprint density at radius 1 is 1.32 bits per heavy atom. The summed E-state index contributed by atoms with van der Waals surface area (Å²) in [6.45, 7) is 1.67. The van der Waals surface area contributed by atoms with E-state index in [4.69, 9.17) is 0 Å². The van der Waals surface area contributed by atoms with Crippen LogP contribution in [0.2, 0.25) is 0 Å². The van der Waals surface area contributed by atoms with Crippen molar-refractivity contribution in [1.29, 1.82) is 0 Å². The van der Waals surface area contributed by atoms with Crippen molar-refractivity contribution in [2.24, 2.45) is 4.99 Å². The summed E-state index contributed by atoms with van der Waals surface area (Å²) in [5.74, 6) is -0.354. The van der Waals surface area contributed by atoms with Gasteiger partial charge in [-0.15, -0.1) is 0 Å². The zero-order valence-corrected chi connectivity index (χ0v) is 12.4. The fraction of sp³-hybridized carbons (Fsp3) is 0.333. The summed E-state index contributed by atoms with van der Waals surface area (Å²) in [7, 11) is 1.63. The first-order valence-corrected chi connectivity index (χ1v) is 7.05. The molecule has 0 atom stereocenters. The van der Waals surface area contributed by atoms with E-state index >= 15 is 0 Å². The van der Waals surface area contributed by atoms with E-state index in [0.717, 1.165) is 25.1 Å². The van der Waals surface area contributed by atoms with Crippen molar-refractivity contribution in [3.05, 3.63) is 53.9 Å². The van der Waals surface area contributed by atoms with Gasteiger partial charge in [0.2, 0.25) is 0 Å². The normalized spacial score (nSPS) is 11.5. The van der Waals surface area contributed by atoms with E-state index in [1.165, 1.54) is 6.07 Å². The van der Waals surface area contributed by atoms with Gasteiger partial charge in [0.1, 0.15) is 11.6 Å². The second-order valence-corrected chi connectivity index (χ2v) is 4.71. The van der Waals surface area contributed by atoms with Crippen LogP contribution in [0.3, 0.4) is 0 Å². The molecular weight excluding hydrogens is 288 g/mol. The zero-order chi connectivity index (χ0) is 15.8. The van der Waals surface area contributed by atoms with Gasteiger partial charge in [0.15, 0.2) is 5.96 Å². The first-order chi connectivity index (χ1) is 10.7. The Morgan fingerprint density at radius 2 is 2.18 bits per heavy atom. The van der Waals surface area contributed by atoms with Crippen LogP contribution in [0.5, 0.6) is 0 Å². The molecule has 0 saturated carbocycles. The maximum absolute atomic E-state index is 13.5. The fourth-order valence-corrected chi connectivity index (χ4v) is 1.96. The Labute approximate surface area is 128 Å². The topological polar surface area (TPSA) is 54.2 Å². The van der Waals surface area contributed by atoms with Gasteiger partial charge in [-0.2, -0.15) is 5.10 Å². The largest absolute Gasteiger partial charge is 0.356 e. The van der Waals surface area contributed by atoms with Crippen LogP contribution in [0, 0.1) is 11.6 Å². The quantitative estimate of drug-likeness (QED) is 0.487. The van der Waals surface area contributed by atoms with Crippen LogP contribution in [0.4, 0.5) is 8.78 Å². The van der Waals surface area contributed by atoms with Crippen LogP contribution in [0.15, 0.2) is 41.7 Å². The van der Waals surface area contributed by atoms with Crippen molar-refractivity contribution in [2.45, 2.75) is 19.5 Å². The number of aromatic nitrogens is 2. The second kappa shape index (κ2) is 8.11. The molecule has 2 rings (SSSR count). The SMILES string of the molecule is CN=C(NCCCn1cccn1)NCc1cc(F)ccc1F. The van der Waals surface area contributed by atoms with Crippen LogP contribution in [-0.4, -0.2) is 29.3 Å². The summed E-state index contributed by atoms with van der Waals surface area (Å²) in [4.78, 5) is 4.05. The van der Waals surface area contributed by atoms with E-state index in [1.54, 1.807) is 13.2 Å². The number of hydrogen-bond acceptors (Lipinski definition) is 2. The summed E-state index contributed by atoms with van der Waals surface area (Å²) in [6.07, 6.45) is 4.51. The third-order valence-electron chi connectivity index (χ3n) is 3.09. The number of guanidine groups is 1. The van der Waals surface area contributed by atoms with Crippen molar-refractivity contribution in [1.82, 2.24) is 20.4 Å². The van der Waals surface area contributed by atoms with Crippen molar-refractivity contribution in [3.8, 4) is 0 Å². The van der Waals surface area contributed by atoms with Crippen molar-refractivity contribution in [2.75, 3.05) is 13.6 Å². The van der Waals surface area contributed by atoms with Crippen LogP contribution < -0.4 is 10.6 Å². The van der Waals surface area contributed by atoms with Crippen molar-refractivity contribution < 1.29 is 8.78 Å². The molecule has 1 aromatic heterocycles. The van der Waals surface area contributed by atoms with Gasteiger partial charge >= 0.3 is 0 Å². The summed E-state index contributed by atoms with van der Waals surface area (Å²) >= 11 is 0. The lowest BCUT2D eigenvalue weighted by Gasteiger charge is -2.12. The molecule has 0 saturated heterocycles. The molecule has 0 aliphatic carbocycles.